The molecule has 0 saturated heterocycles. The predicted octanol–water partition coefficient (Wildman–Crippen LogP) is 4.32. The van der Waals surface area contributed by atoms with Gasteiger partial charge in [-0.15, -0.1) is 0 Å². The van der Waals surface area contributed by atoms with Crippen LogP contribution in [0.25, 0.3) is 0 Å². The lowest BCUT2D eigenvalue weighted by atomic mass is 10.1. The molecular formula is C22H31NO4. The van der Waals surface area contributed by atoms with Gasteiger partial charge in [-0.25, -0.2) is 0 Å². The molecule has 2 aromatic carbocycles. The van der Waals surface area contributed by atoms with Gasteiger partial charge >= 0.3 is 0 Å². The third-order valence-electron chi connectivity index (χ3n) is 4.09. The zero-order valence-corrected chi connectivity index (χ0v) is 17.2. The average molecular weight is 373 g/mol. The lowest BCUT2D eigenvalue weighted by molar-refractivity contribution is -0.0149. The molecule has 0 aliphatic rings. The second-order valence-corrected chi connectivity index (χ2v) is 7.34. The Kier molecular flexibility index (Phi) is 7.51. The lowest BCUT2D eigenvalue weighted by Crippen LogP contribution is -2.19. The minimum Gasteiger partial charge on any atom is -0.496 e. The summed E-state index contributed by atoms with van der Waals surface area (Å²) in [6, 6.07) is 12.2. The highest BCUT2D eigenvalue weighted by Crippen LogP contribution is 2.34. The maximum atomic E-state index is 5.86. The molecule has 5 heteroatoms. The molecule has 0 aromatic heterocycles. The first-order valence-corrected chi connectivity index (χ1v) is 9.07. The SMILES string of the molecule is COc1cc(OC)c(OC)cc1CNCc1cccc(COC(C)(C)C)c1. The highest BCUT2D eigenvalue weighted by Gasteiger charge is 2.12. The Morgan fingerprint density at radius 1 is 0.778 bits per heavy atom. The van der Waals surface area contributed by atoms with Crippen LogP contribution in [0, 0.1) is 0 Å². The molecule has 5 nitrogen and oxygen atoms in total. The monoisotopic (exact) mass is 373 g/mol. The first kappa shape index (κ1) is 21.1. The number of hydrogen-bond donors (Lipinski definition) is 1. The second kappa shape index (κ2) is 9.62. The average Bonchev–Trinajstić information content (AvgIpc) is 2.65. The summed E-state index contributed by atoms with van der Waals surface area (Å²) in [6.07, 6.45) is 0. The van der Waals surface area contributed by atoms with Crippen LogP contribution in [-0.4, -0.2) is 26.9 Å². The quantitative estimate of drug-likeness (QED) is 0.709. The van der Waals surface area contributed by atoms with Crippen molar-refractivity contribution in [3.63, 3.8) is 0 Å². The maximum absolute atomic E-state index is 5.86. The van der Waals surface area contributed by atoms with Gasteiger partial charge in [-0.1, -0.05) is 24.3 Å². The van der Waals surface area contributed by atoms with Crippen LogP contribution in [0.15, 0.2) is 36.4 Å². The van der Waals surface area contributed by atoms with Crippen molar-refractivity contribution in [3.05, 3.63) is 53.1 Å². The van der Waals surface area contributed by atoms with E-state index in [1.54, 1.807) is 21.3 Å². The van der Waals surface area contributed by atoms with Crippen LogP contribution in [0.5, 0.6) is 17.2 Å². The molecule has 0 radical (unpaired) electrons. The Morgan fingerprint density at radius 2 is 1.41 bits per heavy atom. The molecule has 0 bridgehead atoms. The summed E-state index contributed by atoms with van der Waals surface area (Å²) in [6.45, 7) is 8.21. The van der Waals surface area contributed by atoms with Gasteiger partial charge in [-0.2, -0.15) is 0 Å². The van der Waals surface area contributed by atoms with Crippen molar-refractivity contribution in [1.82, 2.24) is 5.32 Å². The van der Waals surface area contributed by atoms with Crippen LogP contribution in [0.3, 0.4) is 0 Å². The fourth-order valence-electron chi connectivity index (χ4n) is 2.70. The van der Waals surface area contributed by atoms with Crippen molar-refractivity contribution in [3.8, 4) is 17.2 Å². The molecule has 2 rings (SSSR count). The molecule has 2 aromatic rings. The van der Waals surface area contributed by atoms with E-state index in [2.05, 4.69) is 50.4 Å². The third-order valence-corrected chi connectivity index (χ3v) is 4.09. The number of rotatable bonds is 9. The van der Waals surface area contributed by atoms with Crippen LogP contribution in [0.1, 0.15) is 37.5 Å². The van der Waals surface area contributed by atoms with E-state index in [1.807, 2.05) is 12.1 Å². The number of nitrogens with one attached hydrogen (secondary N) is 1. The predicted molar refractivity (Wildman–Crippen MR) is 108 cm³/mol. The summed E-state index contributed by atoms with van der Waals surface area (Å²) in [7, 11) is 4.90. The van der Waals surface area contributed by atoms with Gasteiger partial charge in [0.1, 0.15) is 5.75 Å². The largest absolute Gasteiger partial charge is 0.496 e. The minimum absolute atomic E-state index is 0.141. The van der Waals surface area contributed by atoms with Gasteiger partial charge in [0.2, 0.25) is 0 Å². The number of methoxy groups -OCH3 is 3. The van der Waals surface area contributed by atoms with E-state index < -0.39 is 0 Å². The minimum atomic E-state index is -0.141. The van der Waals surface area contributed by atoms with E-state index >= 15 is 0 Å². The van der Waals surface area contributed by atoms with Crippen LogP contribution >= 0.6 is 0 Å². The standard InChI is InChI=1S/C22H31NO4/c1-22(2,3)27-15-17-9-7-8-16(10-17)13-23-14-18-11-20(25-5)21(26-6)12-19(18)24-4/h7-12,23H,13-15H2,1-6H3. The molecule has 0 fully saturated rings. The summed E-state index contributed by atoms with van der Waals surface area (Å²) >= 11 is 0. The fraction of sp³-hybridized carbons (Fsp3) is 0.455. The maximum Gasteiger partial charge on any atom is 0.164 e. The molecule has 0 amide bonds. The Labute approximate surface area is 162 Å². The molecule has 0 aliphatic heterocycles. The molecule has 0 aliphatic carbocycles. The van der Waals surface area contributed by atoms with Gasteiger partial charge in [0.25, 0.3) is 0 Å². The normalized spacial score (nSPS) is 11.3. The molecular weight excluding hydrogens is 342 g/mol. The van der Waals surface area contributed by atoms with Crippen LogP contribution in [0.2, 0.25) is 0 Å². The van der Waals surface area contributed by atoms with Gasteiger partial charge < -0.3 is 24.3 Å². The smallest absolute Gasteiger partial charge is 0.164 e. The van der Waals surface area contributed by atoms with Gasteiger partial charge in [0, 0.05) is 24.7 Å². The highest BCUT2D eigenvalue weighted by atomic mass is 16.5. The Bertz CT molecular complexity index is 738. The van der Waals surface area contributed by atoms with Gasteiger partial charge in [-0.3, -0.25) is 0 Å². The van der Waals surface area contributed by atoms with Crippen molar-refractivity contribution >= 4 is 0 Å². The van der Waals surface area contributed by atoms with E-state index in [4.69, 9.17) is 18.9 Å². The third kappa shape index (κ3) is 6.45. The summed E-state index contributed by atoms with van der Waals surface area (Å²) in [5.41, 5.74) is 3.26. The Hall–Kier alpha value is -2.24. The molecule has 0 heterocycles. The van der Waals surface area contributed by atoms with Crippen LogP contribution in [0.4, 0.5) is 0 Å². The summed E-state index contributed by atoms with van der Waals surface area (Å²) in [4.78, 5) is 0. The molecule has 0 spiro atoms. The van der Waals surface area contributed by atoms with E-state index in [0.717, 1.165) is 17.9 Å². The number of hydrogen-bond acceptors (Lipinski definition) is 5. The zero-order valence-electron chi connectivity index (χ0n) is 17.2. The van der Waals surface area contributed by atoms with Crippen LogP contribution in [-0.2, 0) is 24.4 Å². The van der Waals surface area contributed by atoms with E-state index in [-0.39, 0.29) is 5.60 Å². The highest BCUT2D eigenvalue weighted by molar-refractivity contribution is 5.50. The van der Waals surface area contributed by atoms with Crippen molar-refractivity contribution in [1.29, 1.82) is 0 Å². The van der Waals surface area contributed by atoms with Gasteiger partial charge in [-0.05, 0) is 38.0 Å². The summed E-state index contributed by atoms with van der Waals surface area (Å²) < 4.78 is 22.1. The van der Waals surface area contributed by atoms with Gasteiger partial charge in [0.15, 0.2) is 11.5 Å². The Balaban J connectivity index is 2.00. The lowest BCUT2D eigenvalue weighted by Gasteiger charge is -2.19. The molecule has 0 unspecified atom stereocenters. The van der Waals surface area contributed by atoms with E-state index in [9.17, 15) is 0 Å². The Morgan fingerprint density at radius 3 is 2.04 bits per heavy atom. The molecule has 0 atom stereocenters. The molecule has 1 N–H and O–H groups in total. The first-order valence-electron chi connectivity index (χ1n) is 9.07. The van der Waals surface area contributed by atoms with Crippen molar-refractivity contribution in [2.75, 3.05) is 21.3 Å². The summed E-state index contributed by atoms with van der Waals surface area (Å²) in [5, 5.41) is 3.46. The topological polar surface area (TPSA) is 49.0 Å². The van der Waals surface area contributed by atoms with Crippen molar-refractivity contribution < 1.29 is 18.9 Å². The summed E-state index contributed by atoms with van der Waals surface area (Å²) in [5.74, 6) is 2.12. The van der Waals surface area contributed by atoms with E-state index in [1.165, 1.54) is 11.1 Å². The molecule has 27 heavy (non-hydrogen) atoms. The molecule has 148 valence electrons. The number of ether oxygens (including phenoxy) is 4. The first-order chi connectivity index (χ1) is 12.9. The second-order valence-electron chi connectivity index (χ2n) is 7.34. The number of benzene rings is 2. The van der Waals surface area contributed by atoms with Crippen LogP contribution < -0.4 is 19.5 Å². The fourth-order valence-corrected chi connectivity index (χ4v) is 2.70. The van der Waals surface area contributed by atoms with Gasteiger partial charge in [0.05, 0.1) is 33.5 Å². The molecule has 0 saturated carbocycles. The van der Waals surface area contributed by atoms with Crippen molar-refractivity contribution in [2.24, 2.45) is 0 Å². The van der Waals surface area contributed by atoms with E-state index in [0.29, 0.717) is 24.7 Å². The zero-order chi connectivity index (χ0) is 19.9. The van der Waals surface area contributed by atoms with Crippen molar-refractivity contribution in [2.45, 2.75) is 46.1 Å².